The Kier molecular flexibility index (Phi) is 5.97. The molecule has 0 aliphatic heterocycles. The number of nitrogens with zero attached hydrogens (tertiary/aromatic N) is 2. The third kappa shape index (κ3) is 3.63. The minimum atomic E-state index is 0.380. The van der Waals surface area contributed by atoms with Crippen molar-refractivity contribution in [3.63, 3.8) is 0 Å². The predicted octanol–water partition coefficient (Wildman–Crippen LogP) is 3.46. The van der Waals surface area contributed by atoms with Crippen LogP contribution in [0.5, 0.6) is 0 Å². The molecule has 0 aliphatic carbocycles. The summed E-state index contributed by atoms with van der Waals surface area (Å²) in [5.41, 5.74) is 1.54. The maximum atomic E-state index is 8.85. The van der Waals surface area contributed by atoms with E-state index in [1.807, 2.05) is 6.07 Å². The van der Waals surface area contributed by atoms with Crippen LogP contribution in [0, 0.1) is 11.3 Å². The van der Waals surface area contributed by atoms with Gasteiger partial charge in [-0.3, -0.25) is 0 Å². The van der Waals surface area contributed by atoms with Crippen molar-refractivity contribution in [2.24, 2.45) is 0 Å². The van der Waals surface area contributed by atoms with E-state index in [2.05, 4.69) is 24.8 Å². The Balaban J connectivity index is 3.01. The molecule has 0 spiro atoms. The Morgan fingerprint density at radius 2 is 2.22 bits per heavy atom. The summed E-state index contributed by atoms with van der Waals surface area (Å²) < 4.78 is 5.14. The van der Waals surface area contributed by atoms with Crippen LogP contribution in [-0.4, -0.2) is 26.3 Å². The van der Waals surface area contributed by atoms with Crippen molar-refractivity contribution < 1.29 is 4.74 Å². The lowest BCUT2D eigenvalue weighted by Crippen LogP contribution is -2.35. The molecule has 1 rings (SSSR count). The zero-order chi connectivity index (χ0) is 13.5. The first-order chi connectivity index (χ1) is 8.63. The first-order valence-electron chi connectivity index (χ1n) is 6.09. The lowest BCUT2D eigenvalue weighted by Gasteiger charge is -2.31. The van der Waals surface area contributed by atoms with Crippen LogP contribution in [0.1, 0.15) is 25.8 Å². The molecule has 1 unspecified atom stereocenters. The molecular weight excluding hydrogens is 248 g/mol. The molecule has 3 nitrogen and oxygen atoms in total. The lowest BCUT2D eigenvalue weighted by molar-refractivity contribution is 0.203. The Bertz CT molecular complexity index is 428. The molecule has 4 heteroatoms. The fraction of sp³-hybridized carbons (Fsp3) is 0.500. The van der Waals surface area contributed by atoms with Gasteiger partial charge in [-0.1, -0.05) is 18.5 Å². The van der Waals surface area contributed by atoms with Crippen LogP contribution in [0.3, 0.4) is 0 Å². The van der Waals surface area contributed by atoms with Gasteiger partial charge in [0.1, 0.15) is 0 Å². The van der Waals surface area contributed by atoms with Crippen molar-refractivity contribution in [3.05, 3.63) is 28.8 Å². The van der Waals surface area contributed by atoms with Crippen molar-refractivity contribution in [1.82, 2.24) is 0 Å². The van der Waals surface area contributed by atoms with E-state index in [4.69, 9.17) is 21.6 Å². The second-order valence-electron chi connectivity index (χ2n) is 4.22. The molecule has 0 radical (unpaired) electrons. The van der Waals surface area contributed by atoms with Crippen LogP contribution in [-0.2, 0) is 4.74 Å². The highest BCUT2D eigenvalue weighted by molar-refractivity contribution is 6.33. The summed E-state index contributed by atoms with van der Waals surface area (Å²) in [4.78, 5) is 2.22. The minimum Gasteiger partial charge on any atom is -0.383 e. The van der Waals surface area contributed by atoms with Gasteiger partial charge < -0.3 is 9.64 Å². The summed E-state index contributed by atoms with van der Waals surface area (Å²) >= 11 is 6.25. The molecule has 0 saturated carbocycles. The molecule has 18 heavy (non-hydrogen) atoms. The van der Waals surface area contributed by atoms with Crippen molar-refractivity contribution in [2.45, 2.75) is 26.3 Å². The van der Waals surface area contributed by atoms with E-state index in [9.17, 15) is 0 Å². The molecule has 0 saturated heterocycles. The standard InChI is InChI=1S/C14H19ClN2O/c1-4-11(2)17(7-8-18-3)14-6-5-12(10-16)9-13(14)15/h5-6,9,11H,4,7-8H2,1-3H3. The molecule has 0 aromatic heterocycles. The molecule has 0 amide bonds. The van der Waals surface area contributed by atoms with Gasteiger partial charge in [0.25, 0.3) is 0 Å². The average Bonchev–Trinajstić information content (AvgIpc) is 2.39. The van der Waals surface area contributed by atoms with Gasteiger partial charge in [0.05, 0.1) is 28.9 Å². The molecule has 0 heterocycles. The molecule has 98 valence electrons. The smallest absolute Gasteiger partial charge is 0.0992 e. The first kappa shape index (κ1) is 14.8. The van der Waals surface area contributed by atoms with Crippen molar-refractivity contribution >= 4 is 17.3 Å². The van der Waals surface area contributed by atoms with E-state index in [0.717, 1.165) is 18.7 Å². The number of nitriles is 1. The minimum absolute atomic E-state index is 0.380. The first-order valence-corrected chi connectivity index (χ1v) is 6.47. The second kappa shape index (κ2) is 7.25. The molecule has 0 fully saturated rings. The molecule has 0 aliphatic rings. The van der Waals surface area contributed by atoms with Gasteiger partial charge in [-0.05, 0) is 31.5 Å². The Morgan fingerprint density at radius 1 is 1.50 bits per heavy atom. The summed E-state index contributed by atoms with van der Waals surface area (Å²) in [5.74, 6) is 0. The largest absolute Gasteiger partial charge is 0.383 e. The monoisotopic (exact) mass is 266 g/mol. The highest BCUT2D eigenvalue weighted by Crippen LogP contribution is 2.28. The summed E-state index contributed by atoms with van der Waals surface area (Å²) in [6, 6.07) is 7.88. The fourth-order valence-corrected chi connectivity index (χ4v) is 2.09. The highest BCUT2D eigenvalue weighted by Gasteiger charge is 2.15. The summed E-state index contributed by atoms with van der Waals surface area (Å²) in [6.45, 7) is 5.74. The van der Waals surface area contributed by atoms with Crippen LogP contribution >= 0.6 is 11.6 Å². The number of ether oxygens (including phenoxy) is 1. The van der Waals surface area contributed by atoms with Gasteiger partial charge >= 0.3 is 0 Å². The topological polar surface area (TPSA) is 36.3 Å². The number of methoxy groups -OCH3 is 1. The number of anilines is 1. The van der Waals surface area contributed by atoms with Crippen LogP contribution in [0.15, 0.2) is 18.2 Å². The molecule has 1 aromatic rings. The molecule has 0 bridgehead atoms. The molecular formula is C14H19ClN2O. The van der Waals surface area contributed by atoms with Crippen molar-refractivity contribution in [2.75, 3.05) is 25.2 Å². The van der Waals surface area contributed by atoms with Crippen molar-refractivity contribution in [1.29, 1.82) is 5.26 Å². The van der Waals surface area contributed by atoms with Crippen LogP contribution < -0.4 is 4.90 Å². The van der Waals surface area contributed by atoms with E-state index < -0.39 is 0 Å². The van der Waals surface area contributed by atoms with Gasteiger partial charge in [-0.15, -0.1) is 0 Å². The Labute approximate surface area is 114 Å². The van der Waals surface area contributed by atoms with Gasteiger partial charge in [0.2, 0.25) is 0 Å². The van der Waals surface area contributed by atoms with Gasteiger partial charge in [-0.2, -0.15) is 5.26 Å². The van der Waals surface area contributed by atoms with E-state index in [-0.39, 0.29) is 0 Å². The predicted molar refractivity (Wildman–Crippen MR) is 75.1 cm³/mol. The highest BCUT2D eigenvalue weighted by atomic mass is 35.5. The number of hydrogen-bond acceptors (Lipinski definition) is 3. The van der Waals surface area contributed by atoms with Gasteiger partial charge in [-0.25, -0.2) is 0 Å². The fourth-order valence-electron chi connectivity index (χ4n) is 1.80. The van der Waals surface area contributed by atoms with Crippen LogP contribution in [0.2, 0.25) is 5.02 Å². The molecule has 0 N–H and O–H groups in total. The SMILES string of the molecule is CCC(C)N(CCOC)c1ccc(C#N)cc1Cl. The van der Waals surface area contributed by atoms with E-state index in [1.165, 1.54) is 0 Å². The summed E-state index contributed by atoms with van der Waals surface area (Å²) in [5, 5.41) is 9.46. The lowest BCUT2D eigenvalue weighted by atomic mass is 10.1. The Hall–Kier alpha value is -1.24. The van der Waals surface area contributed by atoms with E-state index in [0.29, 0.717) is 23.2 Å². The van der Waals surface area contributed by atoms with Gasteiger partial charge in [0, 0.05) is 19.7 Å². The van der Waals surface area contributed by atoms with Crippen LogP contribution in [0.4, 0.5) is 5.69 Å². The van der Waals surface area contributed by atoms with Crippen molar-refractivity contribution in [3.8, 4) is 6.07 Å². The summed E-state index contributed by atoms with van der Waals surface area (Å²) in [7, 11) is 1.69. The van der Waals surface area contributed by atoms with Gasteiger partial charge in [0.15, 0.2) is 0 Å². The molecule has 1 atom stereocenters. The average molecular weight is 267 g/mol. The van der Waals surface area contributed by atoms with E-state index in [1.54, 1.807) is 19.2 Å². The van der Waals surface area contributed by atoms with Crippen LogP contribution in [0.25, 0.3) is 0 Å². The summed E-state index contributed by atoms with van der Waals surface area (Å²) in [6.07, 6.45) is 1.03. The maximum Gasteiger partial charge on any atom is 0.0992 e. The third-order valence-electron chi connectivity index (χ3n) is 3.05. The quantitative estimate of drug-likeness (QED) is 0.791. The zero-order valence-electron chi connectivity index (χ0n) is 11.1. The normalized spacial score (nSPS) is 11.9. The second-order valence-corrected chi connectivity index (χ2v) is 4.63. The number of halogens is 1. The Morgan fingerprint density at radius 3 is 2.72 bits per heavy atom. The number of rotatable bonds is 6. The third-order valence-corrected chi connectivity index (χ3v) is 3.35. The maximum absolute atomic E-state index is 8.85. The number of benzene rings is 1. The number of hydrogen-bond donors (Lipinski definition) is 0. The van der Waals surface area contributed by atoms with E-state index >= 15 is 0 Å². The zero-order valence-corrected chi connectivity index (χ0v) is 11.9. The molecule has 1 aromatic carbocycles.